The molecule has 1 aliphatic rings. The fraction of sp³-hybridized carbons (Fsp3) is 0.350. The molecule has 0 atom stereocenters. The van der Waals surface area contributed by atoms with Crippen LogP contribution < -0.4 is 15.4 Å². The molecular formula is C20H24ClN3O3S. The monoisotopic (exact) mass is 421 g/mol. The van der Waals surface area contributed by atoms with Gasteiger partial charge in [-0.15, -0.1) is 0 Å². The van der Waals surface area contributed by atoms with E-state index in [-0.39, 0.29) is 15.5 Å². The maximum absolute atomic E-state index is 12.6. The zero-order chi connectivity index (χ0) is 20.1. The van der Waals surface area contributed by atoms with Crippen LogP contribution in [0.4, 0.5) is 11.4 Å². The molecule has 3 N–H and O–H groups in total. The first kappa shape index (κ1) is 20.6. The highest BCUT2D eigenvalue weighted by molar-refractivity contribution is 7.89. The van der Waals surface area contributed by atoms with Crippen LogP contribution in [0.3, 0.4) is 0 Å². The van der Waals surface area contributed by atoms with Crippen molar-refractivity contribution in [1.82, 2.24) is 4.72 Å². The molecule has 6 nitrogen and oxygen atoms in total. The molecule has 0 saturated heterocycles. The third-order valence-electron chi connectivity index (χ3n) is 4.97. The topological polar surface area (TPSA) is 87.3 Å². The fourth-order valence-electron chi connectivity index (χ4n) is 3.31. The zero-order valence-electron chi connectivity index (χ0n) is 15.7. The van der Waals surface area contributed by atoms with E-state index in [2.05, 4.69) is 15.4 Å². The number of hydrogen-bond acceptors (Lipinski definition) is 4. The molecule has 0 aliphatic heterocycles. The predicted octanol–water partition coefficient (Wildman–Crippen LogP) is 4.10. The largest absolute Gasteiger partial charge is 0.385 e. The van der Waals surface area contributed by atoms with Crippen LogP contribution in [0.15, 0.2) is 47.4 Å². The van der Waals surface area contributed by atoms with Gasteiger partial charge in [0, 0.05) is 17.9 Å². The SMILES string of the molecule is CNS(=O)(=O)c1ccc(Cl)c(C(=O)Nc2ccc(NCC3CCCC3)cc2)c1. The molecule has 1 saturated carbocycles. The summed E-state index contributed by atoms with van der Waals surface area (Å²) in [4.78, 5) is 12.5. The molecule has 2 aromatic rings. The molecule has 1 amide bonds. The predicted molar refractivity (Wildman–Crippen MR) is 113 cm³/mol. The molecular weight excluding hydrogens is 398 g/mol. The second kappa shape index (κ2) is 8.94. The Labute approximate surface area is 170 Å². The van der Waals surface area contributed by atoms with Crippen LogP contribution >= 0.6 is 11.6 Å². The minimum atomic E-state index is -3.66. The first-order chi connectivity index (χ1) is 13.4. The van der Waals surface area contributed by atoms with Gasteiger partial charge in [-0.3, -0.25) is 4.79 Å². The van der Waals surface area contributed by atoms with Crippen molar-refractivity contribution in [3.8, 4) is 0 Å². The fourth-order valence-corrected chi connectivity index (χ4v) is 4.27. The molecule has 2 aromatic carbocycles. The van der Waals surface area contributed by atoms with Gasteiger partial charge < -0.3 is 10.6 Å². The van der Waals surface area contributed by atoms with Gasteiger partial charge in [-0.25, -0.2) is 13.1 Å². The Morgan fingerprint density at radius 3 is 2.36 bits per heavy atom. The molecule has 0 heterocycles. The van der Waals surface area contributed by atoms with E-state index in [0.717, 1.165) is 18.2 Å². The van der Waals surface area contributed by atoms with Crippen LogP contribution in [0, 0.1) is 5.92 Å². The first-order valence-corrected chi connectivity index (χ1v) is 11.1. The molecule has 28 heavy (non-hydrogen) atoms. The van der Waals surface area contributed by atoms with Crippen LogP contribution in [0.2, 0.25) is 5.02 Å². The van der Waals surface area contributed by atoms with Gasteiger partial charge in [0.2, 0.25) is 10.0 Å². The maximum atomic E-state index is 12.6. The van der Waals surface area contributed by atoms with Crippen LogP contribution in [0.1, 0.15) is 36.0 Å². The van der Waals surface area contributed by atoms with Gasteiger partial charge >= 0.3 is 0 Å². The highest BCUT2D eigenvalue weighted by Crippen LogP contribution is 2.26. The Bertz CT molecular complexity index is 940. The number of halogens is 1. The summed E-state index contributed by atoms with van der Waals surface area (Å²) in [6, 6.07) is 11.4. The number of benzene rings is 2. The van der Waals surface area contributed by atoms with Crippen LogP contribution in [0.5, 0.6) is 0 Å². The lowest BCUT2D eigenvalue weighted by Crippen LogP contribution is -2.20. The van der Waals surface area contributed by atoms with Crippen molar-refractivity contribution in [3.05, 3.63) is 53.1 Å². The standard InChI is InChI=1S/C20H24ClN3O3S/c1-22-28(26,27)17-10-11-19(21)18(12-17)20(25)24-16-8-6-15(7-9-16)23-13-14-4-2-3-5-14/h6-12,14,22-23H,2-5,13H2,1H3,(H,24,25). The third kappa shape index (κ3) is 5.04. The van der Waals surface area contributed by atoms with Crippen LogP contribution in [-0.2, 0) is 10.0 Å². The summed E-state index contributed by atoms with van der Waals surface area (Å²) in [6.07, 6.45) is 5.20. The summed E-state index contributed by atoms with van der Waals surface area (Å²) in [6.45, 7) is 0.966. The van der Waals surface area contributed by atoms with E-state index >= 15 is 0 Å². The average molecular weight is 422 g/mol. The lowest BCUT2D eigenvalue weighted by atomic mass is 10.1. The van der Waals surface area contributed by atoms with E-state index in [4.69, 9.17) is 11.6 Å². The van der Waals surface area contributed by atoms with E-state index in [0.29, 0.717) is 5.69 Å². The minimum absolute atomic E-state index is 0.0176. The normalized spacial score (nSPS) is 14.8. The maximum Gasteiger partial charge on any atom is 0.257 e. The lowest BCUT2D eigenvalue weighted by Gasteiger charge is -2.13. The van der Waals surface area contributed by atoms with Crippen LogP contribution in [0.25, 0.3) is 0 Å². The summed E-state index contributed by atoms with van der Waals surface area (Å²) in [5.41, 5.74) is 1.71. The Morgan fingerprint density at radius 2 is 1.71 bits per heavy atom. The number of nitrogens with one attached hydrogen (secondary N) is 3. The second-order valence-electron chi connectivity index (χ2n) is 6.91. The number of rotatable bonds is 7. The summed E-state index contributed by atoms with van der Waals surface area (Å²) in [7, 11) is -2.35. The molecule has 0 spiro atoms. The van der Waals surface area contributed by atoms with E-state index in [1.807, 2.05) is 12.1 Å². The van der Waals surface area contributed by atoms with E-state index in [1.54, 1.807) is 12.1 Å². The van der Waals surface area contributed by atoms with Gasteiger partial charge in [0.15, 0.2) is 0 Å². The smallest absolute Gasteiger partial charge is 0.257 e. The van der Waals surface area contributed by atoms with E-state index < -0.39 is 15.9 Å². The molecule has 3 rings (SSSR count). The molecule has 150 valence electrons. The Morgan fingerprint density at radius 1 is 1.07 bits per heavy atom. The quantitative estimate of drug-likeness (QED) is 0.628. The number of anilines is 2. The number of amides is 1. The Kier molecular flexibility index (Phi) is 6.59. The molecule has 1 aliphatic carbocycles. The van der Waals surface area contributed by atoms with Gasteiger partial charge in [-0.05, 0) is 68.3 Å². The first-order valence-electron chi connectivity index (χ1n) is 9.27. The van der Waals surface area contributed by atoms with Gasteiger partial charge in [-0.1, -0.05) is 24.4 Å². The molecule has 0 aromatic heterocycles. The molecule has 0 bridgehead atoms. The zero-order valence-corrected chi connectivity index (χ0v) is 17.2. The van der Waals surface area contributed by atoms with Crippen molar-refractivity contribution in [2.45, 2.75) is 30.6 Å². The van der Waals surface area contributed by atoms with Crippen molar-refractivity contribution in [1.29, 1.82) is 0 Å². The van der Waals surface area contributed by atoms with Gasteiger partial charge in [0.05, 0.1) is 15.5 Å². The molecule has 8 heteroatoms. The third-order valence-corrected chi connectivity index (χ3v) is 6.72. The van der Waals surface area contributed by atoms with Crippen molar-refractivity contribution < 1.29 is 13.2 Å². The van der Waals surface area contributed by atoms with Gasteiger partial charge in [-0.2, -0.15) is 0 Å². The summed E-state index contributed by atoms with van der Waals surface area (Å²) in [5, 5.41) is 6.37. The number of sulfonamides is 1. The molecule has 1 fully saturated rings. The summed E-state index contributed by atoms with van der Waals surface area (Å²) < 4.78 is 26.1. The minimum Gasteiger partial charge on any atom is -0.385 e. The van der Waals surface area contributed by atoms with Gasteiger partial charge in [0.25, 0.3) is 5.91 Å². The van der Waals surface area contributed by atoms with E-state index in [9.17, 15) is 13.2 Å². The van der Waals surface area contributed by atoms with Crippen molar-refractivity contribution >= 4 is 38.9 Å². The van der Waals surface area contributed by atoms with Crippen molar-refractivity contribution in [2.75, 3.05) is 24.2 Å². The summed E-state index contributed by atoms with van der Waals surface area (Å²) >= 11 is 6.09. The Balaban J connectivity index is 1.66. The highest BCUT2D eigenvalue weighted by Gasteiger charge is 2.18. The van der Waals surface area contributed by atoms with Gasteiger partial charge in [0.1, 0.15) is 0 Å². The van der Waals surface area contributed by atoms with Crippen LogP contribution in [-0.4, -0.2) is 27.9 Å². The number of hydrogen-bond donors (Lipinski definition) is 3. The second-order valence-corrected chi connectivity index (χ2v) is 9.21. The average Bonchev–Trinajstić information content (AvgIpc) is 3.21. The summed E-state index contributed by atoms with van der Waals surface area (Å²) in [5.74, 6) is 0.271. The molecule has 0 unspecified atom stereocenters. The van der Waals surface area contributed by atoms with Crippen molar-refractivity contribution in [2.24, 2.45) is 5.92 Å². The van der Waals surface area contributed by atoms with Crippen molar-refractivity contribution in [3.63, 3.8) is 0 Å². The molecule has 0 radical (unpaired) electrons. The highest BCUT2D eigenvalue weighted by atomic mass is 35.5. The number of carbonyl (C=O) groups excluding carboxylic acids is 1. The Hall–Kier alpha value is -2.09. The lowest BCUT2D eigenvalue weighted by molar-refractivity contribution is 0.102. The van der Waals surface area contributed by atoms with E-state index in [1.165, 1.54) is 50.9 Å². The number of carbonyl (C=O) groups is 1.